The first-order valence-corrected chi connectivity index (χ1v) is 10.6. The van der Waals surface area contributed by atoms with Crippen LogP contribution >= 0.6 is 0 Å². The zero-order valence-corrected chi connectivity index (χ0v) is 18.0. The van der Waals surface area contributed by atoms with Gasteiger partial charge in [0, 0.05) is 35.7 Å². The van der Waals surface area contributed by atoms with Crippen LogP contribution in [0.4, 0.5) is 0 Å². The number of carbonyl (C=O) groups is 1. The lowest BCUT2D eigenvalue weighted by atomic mass is 10.1. The number of hydrazone groups is 1. The van der Waals surface area contributed by atoms with E-state index >= 15 is 0 Å². The predicted octanol–water partition coefficient (Wildman–Crippen LogP) is 3.54. The van der Waals surface area contributed by atoms with Crippen molar-refractivity contribution in [1.29, 1.82) is 0 Å². The van der Waals surface area contributed by atoms with Gasteiger partial charge in [0.1, 0.15) is 0 Å². The molecule has 2 heterocycles. The second-order valence-corrected chi connectivity index (χ2v) is 7.76. The maximum atomic E-state index is 12.1. The molecule has 3 aromatic rings. The quantitative estimate of drug-likeness (QED) is 0.494. The fourth-order valence-corrected chi connectivity index (χ4v) is 3.92. The van der Waals surface area contributed by atoms with Crippen LogP contribution in [0.3, 0.4) is 0 Å². The molecule has 0 radical (unpaired) electrons. The second-order valence-electron chi connectivity index (χ2n) is 7.76. The van der Waals surface area contributed by atoms with Crippen molar-refractivity contribution in [2.75, 3.05) is 32.8 Å². The minimum Gasteiger partial charge on any atom is -0.379 e. The Bertz CT molecular complexity index is 1050. The molecule has 0 spiro atoms. The van der Waals surface area contributed by atoms with Crippen LogP contribution in [-0.4, -0.2) is 54.4 Å². The van der Waals surface area contributed by atoms with Crippen molar-refractivity contribution in [3.63, 3.8) is 0 Å². The molecule has 6 heteroatoms. The number of amides is 1. The molecule has 0 unspecified atom stereocenters. The van der Waals surface area contributed by atoms with Gasteiger partial charge in [-0.05, 0) is 43.2 Å². The minimum atomic E-state index is -0.108. The molecule has 31 heavy (non-hydrogen) atoms. The summed E-state index contributed by atoms with van der Waals surface area (Å²) in [5.41, 5.74) is 9.32. The number of aryl methyl sites for hydroxylation is 1. The minimum absolute atomic E-state index is 0.108. The summed E-state index contributed by atoms with van der Waals surface area (Å²) in [6.07, 6.45) is 1.72. The fraction of sp³-hybridized carbons (Fsp3) is 0.280. The lowest BCUT2D eigenvalue weighted by molar-refractivity contribution is -0.123. The Labute approximate surface area is 183 Å². The van der Waals surface area contributed by atoms with Gasteiger partial charge in [-0.2, -0.15) is 5.10 Å². The van der Waals surface area contributed by atoms with Crippen LogP contribution in [0.15, 0.2) is 65.8 Å². The highest BCUT2D eigenvalue weighted by Gasteiger charge is 2.14. The van der Waals surface area contributed by atoms with Crippen molar-refractivity contribution >= 4 is 12.1 Å². The highest BCUT2D eigenvalue weighted by atomic mass is 16.5. The van der Waals surface area contributed by atoms with E-state index in [1.165, 1.54) is 11.1 Å². The molecule has 1 aromatic heterocycles. The number of carbonyl (C=O) groups excluding carboxylic acids is 1. The summed E-state index contributed by atoms with van der Waals surface area (Å²) in [5.74, 6) is -0.108. The zero-order valence-electron chi connectivity index (χ0n) is 18.0. The van der Waals surface area contributed by atoms with Gasteiger partial charge in [0.05, 0.1) is 26.0 Å². The number of hydrogen-bond donors (Lipinski definition) is 1. The van der Waals surface area contributed by atoms with Gasteiger partial charge in [0.25, 0.3) is 5.91 Å². The number of benzene rings is 2. The van der Waals surface area contributed by atoms with Gasteiger partial charge < -0.3 is 9.30 Å². The molecule has 1 aliphatic rings. The molecule has 0 atom stereocenters. The number of ether oxygens (including phenoxy) is 1. The lowest BCUT2D eigenvalue weighted by Crippen LogP contribution is -2.42. The first-order valence-electron chi connectivity index (χ1n) is 10.6. The van der Waals surface area contributed by atoms with E-state index in [0.29, 0.717) is 19.8 Å². The molecule has 1 aliphatic heterocycles. The molecule has 2 aromatic carbocycles. The molecule has 4 rings (SSSR count). The molecule has 0 saturated carbocycles. The van der Waals surface area contributed by atoms with Gasteiger partial charge in [0.2, 0.25) is 0 Å². The SMILES string of the molecule is Cc1cc(/C=N\NC(=O)CN2CCOCC2)c(C)n1-c1ccc(-c2ccccc2)cc1. The zero-order chi connectivity index (χ0) is 21.6. The Balaban J connectivity index is 1.43. The van der Waals surface area contributed by atoms with Crippen LogP contribution in [0.5, 0.6) is 0 Å². The van der Waals surface area contributed by atoms with Crippen molar-refractivity contribution in [2.45, 2.75) is 13.8 Å². The van der Waals surface area contributed by atoms with Gasteiger partial charge in [0.15, 0.2) is 0 Å². The highest BCUT2D eigenvalue weighted by molar-refractivity contribution is 5.84. The second kappa shape index (κ2) is 9.73. The fourth-order valence-electron chi connectivity index (χ4n) is 3.92. The van der Waals surface area contributed by atoms with E-state index in [9.17, 15) is 4.79 Å². The summed E-state index contributed by atoms with van der Waals surface area (Å²) < 4.78 is 7.51. The van der Waals surface area contributed by atoms with E-state index in [-0.39, 0.29) is 5.91 Å². The standard InChI is InChI=1S/C25H28N4O2/c1-19-16-23(17-26-27-25(30)18-28-12-14-31-15-13-28)20(2)29(19)24-10-8-22(9-11-24)21-6-4-3-5-7-21/h3-11,16-17H,12-15,18H2,1-2H3,(H,27,30)/b26-17-. The van der Waals surface area contributed by atoms with Crippen molar-refractivity contribution in [3.8, 4) is 16.8 Å². The normalized spacial score (nSPS) is 14.8. The summed E-state index contributed by atoms with van der Waals surface area (Å²) in [6, 6.07) is 21.0. The van der Waals surface area contributed by atoms with Gasteiger partial charge >= 0.3 is 0 Å². The Morgan fingerprint density at radius 3 is 2.42 bits per heavy atom. The summed E-state index contributed by atoms with van der Waals surface area (Å²) in [5, 5.41) is 4.17. The molecule has 1 amide bonds. The number of nitrogens with one attached hydrogen (secondary N) is 1. The Morgan fingerprint density at radius 1 is 1.03 bits per heavy atom. The number of rotatable bonds is 6. The third-order valence-corrected chi connectivity index (χ3v) is 5.57. The van der Waals surface area contributed by atoms with E-state index in [1.807, 2.05) is 6.07 Å². The number of nitrogens with zero attached hydrogens (tertiary/aromatic N) is 3. The van der Waals surface area contributed by atoms with Crippen LogP contribution in [0, 0.1) is 13.8 Å². The van der Waals surface area contributed by atoms with E-state index in [4.69, 9.17) is 4.74 Å². The third kappa shape index (κ3) is 5.10. The number of aromatic nitrogens is 1. The Kier molecular flexibility index (Phi) is 6.60. The van der Waals surface area contributed by atoms with Crippen molar-refractivity contribution in [3.05, 3.63) is 77.6 Å². The van der Waals surface area contributed by atoms with Crippen molar-refractivity contribution < 1.29 is 9.53 Å². The summed E-state index contributed by atoms with van der Waals surface area (Å²) in [4.78, 5) is 14.2. The van der Waals surface area contributed by atoms with Crippen LogP contribution in [0.25, 0.3) is 16.8 Å². The summed E-state index contributed by atoms with van der Waals surface area (Å²) >= 11 is 0. The van der Waals surface area contributed by atoms with Crippen LogP contribution < -0.4 is 5.43 Å². The van der Waals surface area contributed by atoms with Gasteiger partial charge in [-0.25, -0.2) is 5.43 Å². The van der Waals surface area contributed by atoms with Crippen LogP contribution in [0.2, 0.25) is 0 Å². The van der Waals surface area contributed by atoms with E-state index in [1.54, 1.807) is 6.21 Å². The average molecular weight is 417 g/mol. The number of morpholine rings is 1. The van der Waals surface area contributed by atoms with Crippen LogP contribution in [0.1, 0.15) is 17.0 Å². The molecule has 6 nitrogen and oxygen atoms in total. The molecule has 1 N–H and O–H groups in total. The Hall–Kier alpha value is -3.22. The lowest BCUT2D eigenvalue weighted by Gasteiger charge is -2.25. The summed E-state index contributed by atoms with van der Waals surface area (Å²) in [7, 11) is 0. The molecule has 0 bridgehead atoms. The number of hydrogen-bond acceptors (Lipinski definition) is 4. The van der Waals surface area contributed by atoms with Crippen molar-refractivity contribution in [1.82, 2.24) is 14.9 Å². The van der Waals surface area contributed by atoms with Gasteiger partial charge in [-0.15, -0.1) is 0 Å². The molecule has 160 valence electrons. The smallest absolute Gasteiger partial charge is 0.254 e. The van der Waals surface area contributed by atoms with Crippen LogP contribution in [-0.2, 0) is 9.53 Å². The van der Waals surface area contributed by atoms with Gasteiger partial charge in [-0.1, -0.05) is 42.5 Å². The first kappa shape index (κ1) is 21.0. The average Bonchev–Trinajstić information content (AvgIpc) is 3.08. The molecule has 1 fully saturated rings. The topological polar surface area (TPSA) is 58.9 Å². The molecule has 0 aliphatic carbocycles. The summed E-state index contributed by atoms with van der Waals surface area (Å²) in [6.45, 7) is 7.39. The monoisotopic (exact) mass is 416 g/mol. The molecular formula is C25H28N4O2. The molecular weight excluding hydrogens is 388 g/mol. The first-order chi connectivity index (χ1) is 15.1. The van der Waals surface area contributed by atoms with E-state index < -0.39 is 0 Å². The van der Waals surface area contributed by atoms with Crippen molar-refractivity contribution in [2.24, 2.45) is 5.10 Å². The van der Waals surface area contributed by atoms with Gasteiger partial charge in [-0.3, -0.25) is 9.69 Å². The Morgan fingerprint density at radius 2 is 1.71 bits per heavy atom. The third-order valence-electron chi connectivity index (χ3n) is 5.57. The predicted molar refractivity (Wildman–Crippen MR) is 124 cm³/mol. The maximum Gasteiger partial charge on any atom is 0.254 e. The highest BCUT2D eigenvalue weighted by Crippen LogP contribution is 2.24. The maximum absolute atomic E-state index is 12.1. The largest absolute Gasteiger partial charge is 0.379 e. The molecule has 1 saturated heterocycles. The van der Waals surface area contributed by atoms with E-state index in [2.05, 4.69) is 88.4 Å². The van der Waals surface area contributed by atoms with E-state index in [0.717, 1.165) is 35.7 Å².